The number of nitro groups is 1. The van der Waals surface area contributed by atoms with Crippen LogP contribution in [-0.2, 0) is 0 Å². The van der Waals surface area contributed by atoms with Crippen LogP contribution in [0.25, 0.3) is 0 Å². The lowest BCUT2D eigenvalue weighted by molar-refractivity contribution is -0.385. The van der Waals surface area contributed by atoms with Gasteiger partial charge in [0.2, 0.25) is 5.88 Å². The van der Waals surface area contributed by atoms with Crippen LogP contribution in [0, 0.1) is 10.1 Å². The number of pyridine rings is 1. The Balaban J connectivity index is 2.96. The lowest BCUT2D eigenvalue weighted by Crippen LogP contribution is -2.19. The van der Waals surface area contributed by atoms with Crippen molar-refractivity contribution in [1.29, 1.82) is 0 Å². The molecule has 0 aliphatic heterocycles. The van der Waals surface area contributed by atoms with Gasteiger partial charge in [0.05, 0.1) is 4.92 Å². The highest BCUT2D eigenvalue weighted by molar-refractivity contribution is 5.95. The van der Waals surface area contributed by atoms with Gasteiger partial charge < -0.3 is 15.8 Å². The molecule has 1 aromatic rings. The molecular weight excluding hydrogens is 228 g/mol. The topological polar surface area (TPSA) is 120 Å². The fraction of sp³-hybridized carbons (Fsp3) is 0.333. The molecule has 0 saturated carbocycles. The molecule has 92 valence electrons. The Kier molecular flexibility index (Phi) is 4.35. The maximum absolute atomic E-state index is 11.1. The van der Waals surface area contributed by atoms with Crippen molar-refractivity contribution in [3.05, 3.63) is 27.9 Å². The predicted molar refractivity (Wildman–Crippen MR) is 58.8 cm³/mol. The van der Waals surface area contributed by atoms with Crippen LogP contribution in [0.1, 0.15) is 10.4 Å². The fourth-order valence-electron chi connectivity index (χ4n) is 1.08. The highest BCUT2D eigenvalue weighted by Crippen LogP contribution is 2.20. The van der Waals surface area contributed by atoms with E-state index in [9.17, 15) is 14.9 Å². The molecule has 0 atom stereocenters. The Morgan fingerprint density at radius 2 is 2.41 bits per heavy atom. The molecule has 1 aromatic heterocycles. The van der Waals surface area contributed by atoms with Gasteiger partial charge in [-0.15, -0.1) is 0 Å². The second-order valence-electron chi connectivity index (χ2n) is 3.12. The number of carbonyl (C=O) groups excluding carboxylic acids is 1. The minimum atomic E-state index is -0.819. The van der Waals surface area contributed by atoms with Gasteiger partial charge in [-0.3, -0.25) is 14.9 Å². The lowest BCUT2D eigenvalue weighted by atomic mass is 10.2. The van der Waals surface area contributed by atoms with E-state index in [-0.39, 0.29) is 23.7 Å². The molecular formula is C9H12N4O4. The Hall–Kier alpha value is -2.22. The van der Waals surface area contributed by atoms with E-state index in [1.807, 2.05) is 0 Å². The molecule has 0 bridgehead atoms. The van der Waals surface area contributed by atoms with Crippen molar-refractivity contribution in [3.8, 4) is 5.88 Å². The Bertz CT molecular complexity index is 435. The number of nitrogens with two attached hydrogens (primary N) is 1. The minimum absolute atomic E-state index is 0.00153. The second kappa shape index (κ2) is 5.75. The molecule has 1 rings (SSSR count). The summed E-state index contributed by atoms with van der Waals surface area (Å²) in [6, 6.07) is 1.05. The normalized spacial score (nSPS) is 9.94. The summed E-state index contributed by atoms with van der Waals surface area (Å²) in [5.41, 5.74) is 4.68. The van der Waals surface area contributed by atoms with Crippen LogP contribution < -0.4 is 15.8 Å². The van der Waals surface area contributed by atoms with E-state index >= 15 is 0 Å². The van der Waals surface area contributed by atoms with Crippen molar-refractivity contribution in [2.75, 3.05) is 20.2 Å². The van der Waals surface area contributed by atoms with Crippen molar-refractivity contribution in [1.82, 2.24) is 10.3 Å². The summed E-state index contributed by atoms with van der Waals surface area (Å²) in [7, 11) is 1.74. The Morgan fingerprint density at radius 3 is 2.94 bits per heavy atom. The fourth-order valence-corrected chi connectivity index (χ4v) is 1.08. The first kappa shape index (κ1) is 12.8. The van der Waals surface area contributed by atoms with Gasteiger partial charge in [-0.2, -0.15) is 0 Å². The van der Waals surface area contributed by atoms with Gasteiger partial charge in [-0.05, 0) is 7.05 Å². The first-order chi connectivity index (χ1) is 8.06. The third-order valence-electron chi connectivity index (χ3n) is 1.90. The number of hydrogen-bond donors (Lipinski definition) is 2. The third kappa shape index (κ3) is 3.38. The van der Waals surface area contributed by atoms with Crippen LogP contribution in [0.2, 0.25) is 0 Å². The quantitative estimate of drug-likeness (QED) is 0.399. The monoisotopic (exact) mass is 240 g/mol. The van der Waals surface area contributed by atoms with Crippen molar-refractivity contribution < 1.29 is 14.5 Å². The minimum Gasteiger partial charge on any atom is -0.476 e. The summed E-state index contributed by atoms with van der Waals surface area (Å²) in [6.45, 7) is 0.832. The van der Waals surface area contributed by atoms with Crippen LogP contribution in [0.15, 0.2) is 12.3 Å². The highest BCUT2D eigenvalue weighted by atomic mass is 16.6. The molecule has 0 radical (unpaired) electrons. The number of nitrogens with zero attached hydrogens (tertiary/aromatic N) is 2. The number of aromatic nitrogens is 1. The van der Waals surface area contributed by atoms with Gasteiger partial charge in [-0.25, -0.2) is 4.98 Å². The zero-order valence-electron chi connectivity index (χ0n) is 9.17. The number of likely N-dealkylation sites (N-methyl/N-ethyl adjacent to an activating group) is 1. The summed E-state index contributed by atoms with van der Waals surface area (Å²) in [5, 5.41) is 13.3. The molecule has 17 heavy (non-hydrogen) atoms. The van der Waals surface area contributed by atoms with Crippen LogP contribution in [0.3, 0.4) is 0 Å². The van der Waals surface area contributed by atoms with Crippen LogP contribution >= 0.6 is 0 Å². The molecule has 8 heteroatoms. The summed E-state index contributed by atoms with van der Waals surface area (Å²) in [6.07, 6.45) is 1.02. The first-order valence-electron chi connectivity index (χ1n) is 4.78. The van der Waals surface area contributed by atoms with E-state index in [1.165, 1.54) is 0 Å². The van der Waals surface area contributed by atoms with Crippen molar-refractivity contribution in [2.45, 2.75) is 0 Å². The lowest BCUT2D eigenvalue weighted by Gasteiger charge is -2.07. The molecule has 1 amide bonds. The number of amides is 1. The van der Waals surface area contributed by atoms with E-state index in [0.717, 1.165) is 12.3 Å². The Morgan fingerprint density at radius 1 is 1.71 bits per heavy atom. The van der Waals surface area contributed by atoms with Gasteiger partial charge in [0.15, 0.2) is 0 Å². The average molecular weight is 240 g/mol. The molecule has 3 N–H and O–H groups in total. The van der Waals surface area contributed by atoms with Crippen molar-refractivity contribution in [2.24, 2.45) is 5.73 Å². The van der Waals surface area contributed by atoms with Crippen LogP contribution in [0.4, 0.5) is 5.69 Å². The van der Waals surface area contributed by atoms with E-state index in [4.69, 9.17) is 10.5 Å². The number of ether oxygens (including phenoxy) is 1. The molecule has 0 aliphatic rings. The molecule has 0 saturated heterocycles. The number of nitrogens with one attached hydrogen (secondary N) is 1. The number of rotatable bonds is 6. The van der Waals surface area contributed by atoms with Gasteiger partial charge in [-0.1, -0.05) is 0 Å². The van der Waals surface area contributed by atoms with E-state index in [0.29, 0.717) is 6.54 Å². The van der Waals surface area contributed by atoms with Gasteiger partial charge >= 0.3 is 0 Å². The van der Waals surface area contributed by atoms with E-state index in [1.54, 1.807) is 7.05 Å². The standard InChI is InChI=1S/C9H12N4O4/c1-11-2-3-17-9-7(8(10)14)4-6(5-12-9)13(15)16/h4-5,11H,2-3H2,1H3,(H2,10,14). The van der Waals surface area contributed by atoms with E-state index in [2.05, 4.69) is 10.3 Å². The molecule has 8 nitrogen and oxygen atoms in total. The first-order valence-corrected chi connectivity index (χ1v) is 4.78. The summed E-state index contributed by atoms with van der Waals surface area (Å²) in [4.78, 5) is 24.6. The van der Waals surface area contributed by atoms with Crippen molar-refractivity contribution >= 4 is 11.6 Å². The van der Waals surface area contributed by atoms with Gasteiger partial charge in [0.25, 0.3) is 11.6 Å². The zero-order valence-corrected chi connectivity index (χ0v) is 9.17. The Labute approximate surface area is 96.9 Å². The van der Waals surface area contributed by atoms with Crippen molar-refractivity contribution in [3.63, 3.8) is 0 Å². The van der Waals surface area contributed by atoms with E-state index < -0.39 is 10.8 Å². The maximum Gasteiger partial charge on any atom is 0.288 e. The highest BCUT2D eigenvalue weighted by Gasteiger charge is 2.17. The summed E-state index contributed by atoms with van der Waals surface area (Å²) >= 11 is 0. The smallest absolute Gasteiger partial charge is 0.288 e. The summed E-state index contributed by atoms with van der Waals surface area (Å²) in [5.74, 6) is -0.820. The van der Waals surface area contributed by atoms with Crippen LogP contribution in [-0.4, -0.2) is 36.0 Å². The average Bonchev–Trinajstić information content (AvgIpc) is 2.29. The number of hydrogen-bond acceptors (Lipinski definition) is 6. The molecule has 0 fully saturated rings. The zero-order chi connectivity index (χ0) is 12.8. The molecule has 0 unspecified atom stereocenters. The number of carbonyl (C=O) groups is 1. The molecule has 0 aliphatic carbocycles. The molecule has 0 aromatic carbocycles. The predicted octanol–water partition coefficient (Wildman–Crippen LogP) is -0.313. The molecule has 0 spiro atoms. The molecule has 1 heterocycles. The van der Waals surface area contributed by atoms with Gasteiger partial charge in [0.1, 0.15) is 18.4 Å². The SMILES string of the molecule is CNCCOc1ncc([N+](=O)[O-])cc1C(N)=O. The summed E-state index contributed by atoms with van der Waals surface area (Å²) < 4.78 is 5.18. The third-order valence-corrected chi connectivity index (χ3v) is 1.90. The number of primary amides is 1. The maximum atomic E-state index is 11.1. The van der Waals surface area contributed by atoms with Crippen LogP contribution in [0.5, 0.6) is 5.88 Å². The van der Waals surface area contributed by atoms with Gasteiger partial charge in [0, 0.05) is 12.6 Å². The second-order valence-corrected chi connectivity index (χ2v) is 3.12. The largest absolute Gasteiger partial charge is 0.476 e.